The minimum absolute atomic E-state index is 0. The summed E-state index contributed by atoms with van der Waals surface area (Å²) in [7, 11) is 0. The quantitative estimate of drug-likeness (QED) is 0.356. The van der Waals surface area contributed by atoms with Crippen molar-refractivity contribution >= 4 is 12.6 Å². The van der Waals surface area contributed by atoms with E-state index >= 15 is 0 Å². The summed E-state index contributed by atoms with van der Waals surface area (Å²) in [6.07, 6.45) is 0. The molecule has 0 aliphatic heterocycles. The van der Waals surface area contributed by atoms with Gasteiger partial charge in [0.15, 0.2) is 0 Å². The van der Waals surface area contributed by atoms with Crippen LogP contribution in [0.3, 0.4) is 0 Å². The van der Waals surface area contributed by atoms with Crippen molar-refractivity contribution < 1.29 is 32.7 Å². The Morgan fingerprint density at radius 1 is 1.75 bits per heavy atom. The zero-order chi connectivity index (χ0) is 2.71. The van der Waals surface area contributed by atoms with Crippen LogP contribution in [0.15, 0.2) is 0 Å². The molecule has 19 valence electrons. The molecule has 0 saturated heterocycles. The third kappa shape index (κ3) is 14.0. The van der Waals surface area contributed by atoms with Gasteiger partial charge in [0.2, 0.25) is 0 Å². The fourth-order valence-corrected chi connectivity index (χ4v) is 0. The van der Waals surface area contributed by atoms with Crippen molar-refractivity contribution in [3.8, 4) is 5.40 Å². The topological polar surface area (TPSA) is 23.8 Å². The molecule has 1 radical (unpaired) electrons. The Labute approximate surface area is 55.7 Å². The van der Waals surface area contributed by atoms with Crippen LogP contribution >= 0.6 is 0 Å². The van der Waals surface area contributed by atoms with Crippen molar-refractivity contribution in [1.82, 2.24) is 0 Å². The van der Waals surface area contributed by atoms with Crippen molar-refractivity contribution in [1.29, 1.82) is 5.26 Å². The van der Waals surface area contributed by atoms with E-state index in [9.17, 15) is 0 Å². The zero-order valence-corrected chi connectivity index (χ0v) is 5.59. The maximum atomic E-state index is 7.13. The Bertz CT molecular complexity index is 29.5. The van der Waals surface area contributed by atoms with Gasteiger partial charge in [-0.1, -0.05) is 5.40 Å². The summed E-state index contributed by atoms with van der Waals surface area (Å²) in [6, 6.07) is 0. The van der Waals surface area contributed by atoms with E-state index in [1.54, 1.807) is 0 Å². The molecule has 4 heavy (non-hydrogen) atoms. The Kier molecular flexibility index (Phi) is 20.3. The van der Waals surface area contributed by atoms with Crippen LogP contribution < -0.4 is 0 Å². The smallest absolute Gasteiger partial charge is 0 e. The number of nitriles is 1. The first-order chi connectivity index (χ1) is 1.41. The average molecular weight is 147 g/mol. The summed E-state index contributed by atoms with van der Waals surface area (Å²) >= 11 is 3.70. The molecule has 0 fully saturated rings. The van der Waals surface area contributed by atoms with Gasteiger partial charge < -0.3 is 12.6 Å². The van der Waals surface area contributed by atoms with Crippen LogP contribution in [-0.2, 0) is 45.3 Å². The summed E-state index contributed by atoms with van der Waals surface area (Å²) in [5, 5.41) is 8.47. The van der Waals surface area contributed by atoms with Gasteiger partial charge in [-0.25, -0.2) is 5.26 Å². The van der Waals surface area contributed by atoms with Gasteiger partial charge in [-0.05, 0) is 0 Å². The van der Waals surface area contributed by atoms with Gasteiger partial charge in [0.25, 0.3) is 0 Å². The number of hydrogen-bond acceptors (Lipinski definition) is 2. The average Bonchev–Trinajstić information content (AvgIpc) is 0.918. The number of thiocyanates is 1. The van der Waals surface area contributed by atoms with E-state index in [0.29, 0.717) is 0 Å². The standard InChI is InChI=1S/CHNS.Y/c2-1-3;/h3H;/p-1. The molecule has 0 rings (SSSR count). The molecule has 0 bridgehead atoms. The molecule has 0 aromatic heterocycles. The molecule has 0 N–H and O–H groups in total. The summed E-state index contributed by atoms with van der Waals surface area (Å²) < 4.78 is 0. The van der Waals surface area contributed by atoms with E-state index in [4.69, 9.17) is 5.26 Å². The van der Waals surface area contributed by atoms with Crippen LogP contribution in [0.4, 0.5) is 0 Å². The fraction of sp³-hybridized carbons (Fsp3) is 0. The van der Waals surface area contributed by atoms with Crippen LogP contribution in [0.2, 0.25) is 0 Å². The molecule has 0 unspecified atom stereocenters. The summed E-state index contributed by atoms with van der Waals surface area (Å²) in [6.45, 7) is 0. The number of hydrogen-bond donors (Lipinski definition) is 0. The SMILES string of the molecule is N#C[S-].[Y]. The third-order valence-corrected chi connectivity index (χ3v) is 0. The van der Waals surface area contributed by atoms with Crippen molar-refractivity contribution in [2.24, 2.45) is 0 Å². The van der Waals surface area contributed by atoms with Crippen molar-refractivity contribution in [2.75, 3.05) is 0 Å². The zero-order valence-electron chi connectivity index (χ0n) is 1.93. The van der Waals surface area contributed by atoms with Crippen LogP contribution in [0.25, 0.3) is 0 Å². The molecule has 0 aromatic carbocycles. The van der Waals surface area contributed by atoms with Crippen molar-refractivity contribution in [3.05, 3.63) is 0 Å². The van der Waals surface area contributed by atoms with Gasteiger partial charge in [-0.2, -0.15) is 0 Å². The van der Waals surface area contributed by atoms with Gasteiger partial charge in [0, 0.05) is 32.7 Å². The first kappa shape index (κ1) is 8.84. The van der Waals surface area contributed by atoms with E-state index in [-0.39, 0.29) is 32.7 Å². The molecular formula is CNSY-. The minimum atomic E-state index is 0. The Morgan fingerprint density at radius 3 is 1.75 bits per heavy atom. The molecule has 0 spiro atoms. The van der Waals surface area contributed by atoms with E-state index in [2.05, 4.69) is 12.6 Å². The Morgan fingerprint density at radius 2 is 1.75 bits per heavy atom. The van der Waals surface area contributed by atoms with Gasteiger partial charge in [-0.3, -0.25) is 0 Å². The van der Waals surface area contributed by atoms with Gasteiger partial charge in [0.1, 0.15) is 0 Å². The molecule has 0 aliphatic rings. The van der Waals surface area contributed by atoms with Crippen LogP contribution in [0, 0.1) is 10.7 Å². The van der Waals surface area contributed by atoms with E-state index < -0.39 is 0 Å². The van der Waals surface area contributed by atoms with Gasteiger partial charge in [-0.15, -0.1) is 0 Å². The third-order valence-electron chi connectivity index (χ3n) is 0. The molecule has 0 saturated carbocycles. The first-order valence-corrected chi connectivity index (χ1v) is 0.836. The number of nitrogens with zero attached hydrogens (tertiary/aromatic N) is 1. The second-order valence-corrected chi connectivity index (χ2v) is 0.274. The van der Waals surface area contributed by atoms with Gasteiger partial charge >= 0.3 is 0 Å². The Hall–Kier alpha value is 0.814. The van der Waals surface area contributed by atoms with Crippen LogP contribution in [0.5, 0.6) is 0 Å². The first-order valence-electron chi connectivity index (χ1n) is 0.428. The normalized spacial score (nSPS) is 1.75. The molecule has 1 nitrogen and oxygen atoms in total. The molecule has 0 amide bonds. The summed E-state index contributed by atoms with van der Waals surface area (Å²) in [5.41, 5.74) is 0. The molecular weight excluding hydrogens is 147 g/mol. The second-order valence-electron chi connectivity index (χ2n) is 0.0913. The molecule has 0 aromatic rings. The largest absolute Gasteiger partial charge is 0.696 e. The fourth-order valence-electron chi connectivity index (χ4n) is 0. The van der Waals surface area contributed by atoms with Crippen molar-refractivity contribution in [3.63, 3.8) is 0 Å². The van der Waals surface area contributed by atoms with E-state index in [1.165, 1.54) is 5.40 Å². The predicted octanol–water partition coefficient (Wildman–Crippen LogP) is 0.0119. The van der Waals surface area contributed by atoms with E-state index in [0.717, 1.165) is 0 Å². The summed E-state index contributed by atoms with van der Waals surface area (Å²) in [5.74, 6) is 0. The van der Waals surface area contributed by atoms with Gasteiger partial charge in [0.05, 0.1) is 0 Å². The summed E-state index contributed by atoms with van der Waals surface area (Å²) in [4.78, 5) is 0. The van der Waals surface area contributed by atoms with Crippen molar-refractivity contribution in [2.45, 2.75) is 0 Å². The maximum Gasteiger partial charge on any atom is 0 e. The predicted molar refractivity (Wildman–Crippen MR) is 13.0 cm³/mol. The monoisotopic (exact) mass is 147 g/mol. The molecule has 0 atom stereocenters. The Balaban J connectivity index is 0. The minimum Gasteiger partial charge on any atom is -0.696 e. The molecule has 0 aliphatic carbocycles. The van der Waals surface area contributed by atoms with Crippen LogP contribution in [-0.4, -0.2) is 0 Å². The second kappa shape index (κ2) is 9.18. The maximum absolute atomic E-state index is 7.13. The molecule has 0 heterocycles. The number of rotatable bonds is 0. The molecule has 3 heteroatoms. The van der Waals surface area contributed by atoms with Crippen LogP contribution in [0.1, 0.15) is 0 Å². The van der Waals surface area contributed by atoms with E-state index in [1.807, 2.05) is 0 Å².